The van der Waals surface area contributed by atoms with Gasteiger partial charge >= 0.3 is 22.1 Å². The van der Waals surface area contributed by atoms with Gasteiger partial charge in [0.1, 0.15) is 0 Å². The summed E-state index contributed by atoms with van der Waals surface area (Å²) in [5, 5.41) is 0. The third-order valence-corrected chi connectivity index (χ3v) is 5.69. The van der Waals surface area contributed by atoms with Gasteiger partial charge in [0, 0.05) is 6.42 Å². The van der Waals surface area contributed by atoms with Gasteiger partial charge < -0.3 is 9.47 Å². The molecule has 1 rings (SSSR count). The van der Waals surface area contributed by atoms with Gasteiger partial charge in [-0.05, 0) is 18.6 Å². The number of hydrogen-bond donors (Lipinski definition) is 1. The second-order valence-corrected chi connectivity index (χ2v) is 8.85. The largest absolute Gasteiger partial charge is 0.462 e. The number of hydrogen-bond acceptors (Lipinski definition) is 6. The minimum atomic E-state index is -4.55. The van der Waals surface area contributed by atoms with Crippen molar-refractivity contribution in [3.63, 3.8) is 0 Å². The fourth-order valence-corrected chi connectivity index (χ4v) is 3.75. The third-order valence-electron chi connectivity index (χ3n) is 4.69. The van der Waals surface area contributed by atoms with E-state index in [2.05, 4.69) is 6.92 Å². The number of unbranched alkanes of at least 4 members (excludes halogenated alkanes) is 7. The molecule has 0 amide bonds. The number of rotatable bonds is 15. The normalized spacial score (nSPS) is 12.4. The first-order valence-corrected chi connectivity index (χ1v) is 12.2. The molecule has 0 aliphatic carbocycles. The summed E-state index contributed by atoms with van der Waals surface area (Å²) >= 11 is 0. The summed E-state index contributed by atoms with van der Waals surface area (Å²) in [6, 6.07) is 5.90. The fraction of sp³-hybridized carbons (Fsp3) is 0.636. The summed E-state index contributed by atoms with van der Waals surface area (Å²) in [5.74, 6) is -1.66. The Balaban J connectivity index is 2.57. The fourth-order valence-electron chi connectivity index (χ4n) is 3.00. The molecule has 0 fully saturated rings. The highest BCUT2D eigenvalue weighted by Gasteiger charge is 2.28. The maximum atomic E-state index is 12.4. The van der Waals surface area contributed by atoms with Crippen LogP contribution in [0.2, 0.25) is 0 Å². The van der Waals surface area contributed by atoms with E-state index in [9.17, 15) is 22.6 Å². The second-order valence-electron chi connectivity index (χ2n) is 7.29. The Bertz CT molecular complexity index is 759. The average molecular weight is 443 g/mol. The van der Waals surface area contributed by atoms with Crippen molar-refractivity contribution in [1.82, 2.24) is 0 Å². The minimum absolute atomic E-state index is 0.00709. The molecule has 0 spiro atoms. The Hall–Kier alpha value is -1.93. The molecule has 170 valence electrons. The first kappa shape index (κ1) is 26.1. The molecule has 30 heavy (non-hydrogen) atoms. The van der Waals surface area contributed by atoms with E-state index in [1.54, 1.807) is 13.0 Å². The van der Waals surface area contributed by atoms with E-state index in [-0.39, 0.29) is 24.2 Å². The van der Waals surface area contributed by atoms with Crippen LogP contribution in [0.3, 0.4) is 0 Å². The summed E-state index contributed by atoms with van der Waals surface area (Å²) < 4.78 is 42.2. The smallest absolute Gasteiger partial charge is 0.340 e. The Morgan fingerprint density at radius 2 is 1.40 bits per heavy atom. The molecule has 1 N–H and O–H groups in total. The lowest BCUT2D eigenvalue weighted by Gasteiger charge is -2.15. The molecule has 1 aromatic carbocycles. The van der Waals surface area contributed by atoms with E-state index in [1.807, 2.05) is 0 Å². The van der Waals surface area contributed by atoms with Crippen molar-refractivity contribution < 1.29 is 32.0 Å². The standard InChI is InChI=1S/C22H34O7S/c1-3-5-6-7-8-9-10-13-17-28-21(23)18-15-11-12-16-19(18)22(24)29-20(14-4-2)30(25,26)27/h11-12,15-16,20H,3-10,13-14,17H2,1-2H3,(H,25,26,27). The molecule has 0 radical (unpaired) electrons. The van der Waals surface area contributed by atoms with Gasteiger partial charge in [0.2, 0.25) is 5.44 Å². The van der Waals surface area contributed by atoms with E-state index in [1.165, 1.54) is 50.3 Å². The lowest BCUT2D eigenvalue weighted by molar-refractivity contribution is 0.0395. The quantitative estimate of drug-likeness (QED) is 0.227. The van der Waals surface area contributed by atoms with Crippen LogP contribution in [0.1, 0.15) is 98.8 Å². The molecule has 1 aromatic rings. The molecule has 8 heteroatoms. The second kappa shape index (κ2) is 14.1. The third kappa shape index (κ3) is 9.71. The van der Waals surface area contributed by atoms with Crippen LogP contribution >= 0.6 is 0 Å². The van der Waals surface area contributed by atoms with Crippen molar-refractivity contribution in [1.29, 1.82) is 0 Å². The van der Waals surface area contributed by atoms with Gasteiger partial charge in [0.15, 0.2) is 0 Å². The van der Waals surface area contributed by atoms with Gasteiger partial charge in [-0.25, -0.2) is 9.59 Å². The Labute approximate surface area is 179 Å². The van der Waals surface area contributed by atoms with E-state index in [4.69, 9.17) is 9.47 Å². The molecule has 0 heterocycles. The van der Waals surface area contributed by atoms with Crippen LogP contribution in [0.15, 0.2) is 24.3 Å². The van der Waals surface area contributed by atoms with E-state index in [0.717, 1.165) is 19.3 Å². The Kier molecular flexibility index (Phi) is 12.3. The summed E-state index contributed by atoms with van der Waals surface area (Å²) in [5.41, 5.74) is -1.76. The first-order valence-electron chi connectivity index (χ1n) is 10.7. The van der Waals surface area contributed by atoms with Crippen molar-refractivity contribution in [2.24, 2.45) is 0 Å². The van der Waals surface area contributed by atoms with Crippen LogP contribution in [-0.4, -0.2) is 37.0 Å². The van der Waals surface area contributed by atoms with Crippen molar-refractivity contribution in [2.75, 3.05) is 6.61 Å². The average Bonchev–Trinajstić information content (AvgIpc) is 2.71. The number of benzene rings is 1. The number of carbonyl (C=O) groups is 2. The predicted molar refractivity (Wildman–Crippen MR) is 115 cm³/mol. The van der Waals surface area contributed by atoms with Crippen molar-refractivity contribution in [3.8, 4) is 0 Å². The zero-order chi connectivity index (χ0) is 22.4. The van der Waals surface area contributed by atoms with Gasteiger partial charge in [0.05, 0.1) is 17.7 Å². The molecular formula is C22H34O7S. The Morgan fingerprint density at radius 1 is 0.867 bits per heavy atom. The molecule has 0 bridgehead atoms. The molecule has 1 atom stereocenters. The summed E-state index contributed by atoms with van der Waals surface area (Å²) in [7, 11) is -4.55. The predicted octanol–water partition coefficient (Wildman–Crippen LogP) is 5.15. The maximum Gasteiger partial charge on any atom is 0.340 e. The van der Waals surface area contributed by atoms with Crippen LogP contribution in [0.4, 0.5) is 0 Å². The topological polar surface area (TPSA) is 107 Å². The molecule has 0 aliphatic heterocycles. The number of esters is 2. The van der Waals surface area contributed by atoms with Gasteiger partial charge in [-0.3, -0.25) is 4.55 Å². The highest BCUT2D eigenvalue weighted by molar-refractivity contribution is 7.86. The zero-order valence-corrected chi connectivity index (χ0v) is 18.8. The van der Waals surface area contributed by atoms with Crippen LogP contribution < -0.4 is 0 Å². The maximum absolute atomic E-state index is 12.4. The lowest BCUT2D eigenvalue weighted by atomic mass is 10.1. The zero-order valence-electron chi connectivity index (χ0n) is 18.0. The van der Waals surface area contributed by atoms with E-state index < -0.39 is 27.5 Å². The van der Waals surface area contributed by atoms with Gasteiger partial charge in [-0.15, -0.1) is 0 Å². The molecule has 0 saturated heterocycles. The minimum Gasteiger partial charge on any atom is -0.462 e. The molecule has 1 unspecified atom stereocenters. The summed E-state index contributed by atoms with van der Waals surface area (Å²) in [4.78, 5) is 24.8. The summed E-state index contributed by atoms with van der Waals surface area (Å²) in [6.45, 7) is 4.13. The number of carbonyl (C=O) groups excluding carboxylic acids is 2. The summed E-state index contributed by atoms with van der Waals surface area (Å²) in [6.07, 6.45) is 9.30. The van der Waals surface area contributed by atoms with Crippen LogP contribution in [0.25, 0.3) is 0 Å². The highest BCUT2D eigenvalue weighted by atomic mass is 32.2. The van der Waals surface area contributed by atoms with Crippen LogP contribution in [0, 0.1) is 0 Å². The molecule has 0 saturated carbocycles. The van der Waals surface area contributed by atoms with Crippen LogP contribution in [0.5, 0.6) is 0 Å². The molecule has 0 aromatic heterocycles. The first-order chi connectivity index (χ1) is 14.3. The number of ether oxygens (including phenoxy) is 2. The van der Waals surface area contributed by atoms with Crippen molar-refractivity contribution in [2.45, 2.75) is 83.5 Å². The monoisotopic (exact) mass is 442 g/mol. The van der Waals surface area contributed by atoms with E-state index in [0.29, 0.717) is 6.42 Å². The Morgan fingerprint density at radius 3 is 1.93 bits per heavy atom. The van der Waals surface area contributed by atoms with Crippen LogP contribution in [-0.2, 0) is 19.6 Å². The SMILES string of the molecule is CCCCCCCCCCOC(=O)c1ccccc1C(=O)OC(CCC)S(=O)(=O)O. The lowest BCUT2D eigenvalue weighted by Crippen LogP contribution is -2.27. The molecular weight excluding hydrogens is 408 g/mol. The van der Waals surface area contributed by atoms with Crippen molar-refractivity contribution in [3.05, 3.63) is 35.4 Å². The highest BCUT2D eigenvalue weighted by Crippen LogP contribution is 2.17. The van der Waals surface area contributed by atoms with Gasteiger partial charge in [-0.2, -0.15) is 8.42 Å². The van der Waals surface area contributed by atoms with E-state index >= 15 is 0 Å². The molecule has 0 aliphatic rings. The molecule has 7 nitrogen and oxygen atoms in total. The van der Waals surface area contributed by atoms with Gasteiger partial charge in [0.25, 0.3) is 0 Å². The van der Waals surface area contributed by atoms with Gasteiger partial charge in [-0.1, -0.05) is 77.3 Å². The van der Waals surface area contributed by atoms with Crippen molar-refractivity contribution >= 4 is 22.1 Å².